The molecule has 5 nitrogen and oxygen atoms in total. The maximum atomic E-state index is 13.1. The fourth-order valence-electron chi connectivity index (χ4n) is 3.88. The molecule has 2 aromatic heterocycles. The van der Waals surface area contributed by atoms with E-state index >= 15 is 0 Å². The first kappa shape index (κ1) is 21.3. The summed E-state index contributed by atoms with van der Waals surface area (Å²) in [5.74, 6) is 1.17. The van der Waals surface area contributed by atoms with Crippen LogP contribution in [0.15, 0.2) is 88.6 Å². The van der Waals surface area contributed by atoms with Crippen molar-refractivity contribution in [2.75, 3.05) is 0 Å². The molecule has 0 aliphatic carbocycles. The Labute approximate surface area is 196 Å². The van der Waals surface area contributed by atoms with Crippen LogP contribution in [-0.2, 0) is 0 Å². The number of nitrogens with zero attached hydrogens (tertiary/aromatic N) is 4. The number of para-hydroxylation sites is 1. The zero-order chi connectivity index (χ0) is 22.9. The van der Waals surface area contributed by atoms with Crippen LogP contribution in [0, 0.1) is 0 Å². The summed E-state index contributed by atoms with van der Waals surface area (Å²) >= 11 is 1.70. The summed E-state index contributed by atoms with van der Waals surface area (Å²) in [5.41, 5.74) is 3.30. The van der Waals surface area contributed by atoms with E-state index in [1.807, 2.05) is 66.7 Å². The van der Waals surface area contributed by atoms with Crippen LogP contribution in [0.1, 0.15) is 43.3 Å². The number of thioether (sulfide) groups is 1. The molecule has 0 radical (unpaired) electrons. The van der Waals surface area contributed by atoms with Gasteiger partial charge in [-0.2, -0.15) is 14.6 Å². The summed E-state index contributed by atoms with van der Waals surface area (Å²) in [6, 6.07) is 26.0. The van der Waals surface area contributed by atoms with Crippen LogP contribution < -0.4 is 5.56 Å². The monoisotopic (exact) mass is 452 g/mol. The van der Waals surface area contributed by atoms with E-state index in [9.17, 15) is 4.79 Å². The van der Waals surface area contributed by atoms with Gasteiger partial charge < -0.3 is 0 Å². The Morgan fingerprint density at radius 2 is 1.52 bits per heavy atom. The van der Waals surface area contributed by atoms with Crippen molar-refractivity contribution in [3.05, 3.63) is 101 Å². The molecule has 2 heterocycles. The molecule has 0 fully saturated rings. The molecule has 164 valence electrons. The van der Waals surface area contributed by atoms with Crippen molar-refractivity contribution in [1.29, 1.82) is 0 Å². The van der Waals surface area contributed by atoms with Crippen LogP contribution in [0.4, 0.5) is 0 Å². The molecule has 5 rings (SSSR count). The number of rotatable bonds is 5. The van der Waals surface area contributed by atoms with Gasteiger partial charge in [0.25, 0.3) is 5.56 Å². The van der Waals surface area contributed by atoms with Gasteiger partial charge in [0.15, 0.2) is 11.3 Å². The lowest BCUT2D eigenvalue weighted by molar-refractivity contribution is 0.779. The largest absolute Gasteiger partial charge is 0.300 e. The van der Waals surface area contributed by atoms with Gasteiger partial charge in [-0.1, -0.05) is 68.4 Å². The van der Waals surface area contributed by atoms with Gasteiger partial charge in [0.2, 0.25) is 0 Å². The summed E-state index contributed by atoms with van der Waals surface area (Å²) in [6.45, 7) is 6.40. The molecule has 1 unspecified atom stereocenters. The van der Waals surface area contributed by atoms with Crippen LogP contribution in [0.5, 0.6) is 0 Å². The van der Waals surface area contributed by atoms with E-state index in [-0.39, 0.29) is 10.8 Å². The van der Waals surface area contributed by atoms with Crippen LogP contribution in [0.3, 0.4) is 0 Å². The summed E-state index contributed by atoms with van der Waals surface area (Å²) < 4.78 is 1.75. The van der Waals surface area contributed by atoms with Gasteiger partial charge in [-0.3, -0.25) is 4.79 Å². The third-order valence-electron chi connectivity index (χ3n) is 5.68. The molecule has 0 bridgehead atoms. The molecule has 6 heteroatoms. The quantitative estimate of drug-likeness (QED) is 0.232. The first-order valence-corrected chi connectivity index (χ1v) is 11.9. The molecular weight excluding hydrogens is 428 g/mol. The van der Waals surface area contributed by atoms with Crippen LogP contribution in [0.25, 0.3) is 27.8 Å². The number of aromatic nitrogens is 4. The Balaban J connectivity index is 1.71. The van der Waals surface area contributed by atoms with Crippen LogP contribution >= 0.6 is 11.8 Å². The average molecular weight is 453 g/mol. The number of fused-ring (bicyclic) bond motifs is 3. The van der Waals surface area contributed by atoms with Crippen molar-refractivity contribution in [2.45, 2.75) is 36.8 Å². The summed E-state index contributed by atoms with van der Waals surface area (Å²) in [5, 5.41) is 5.60. The SMILES string of the molecule is CC(C)c1ccc(-c2nn3c(C(C)Sc4ccccc4)nc4ccccc4c3nc2=O)cc1. The molecule has 0 aliphatic rings. The summed E-state index contributed by atoms with van der Waals surface area (Å²) in [7, 11) is 0. The normalized spacial score (nSPS) is 12.5. The van der Waals surface area contributed by atoms with Crippen molar-refractivity contribution in [2.24, 2.45) is 0 Å². The zero-order valence-corrected chi connectivity index (χ0v) is 19.6. The predicted octanol–water partition coefficient (Wildman–Crippen LogP) is 6.28. The standard InChI is InChI=1S/C27H24N4OS/c1-17(2)19-13-15-20(16-14-19)24-27(32)29-26-22-11-7-8-12-23(22)28-25(31(26)30-24)18(3)33-21-9-5-4-6-10-21/h4-18H,1-3H3. The molecule has 0 amide bonds. The Kier molecular flexibility index (Phi) is 5.68. The van der Waals surface area contributed by atoms with Crippen molar-refractivity contribution >= 4 is 28.3 Å². The van der Waals surface area contributed by atoms with Gasteiger partial charge in [0, 0.05) is 15.8 Å². The minimum atomic E-state index is -0.335. The van der Waals surface area contributed by atoms with E-state index in [2.05, 4.69) is 37.9 Å². The first-order chi connectivity index (χ1) is 16.0. The molecule has 1 atom stereocenters. The van der Waals surface area contributed by atoms with E-state index in [4.69, 9.17) is 10.1 Å². The Morgan fingerprint density at radius 1 is 0.818 bits per heavy atom. The second-order valence-corrected chi connectivity index (χ2v) is 9.75. The lowest BCUT2D eigenvalue weighted by Gasteiger charge is -2.16. The molecular formula is C27H24N4OS. The minimum Gasteiger partial charge on any atom is -0.265 e. The molecule has 0 N–H and O–H groups in total. The Hall–Kier alpha value is -3.51. The number of hydrogen-bond donors (Lipinski definition) is 0. The van der Waals surface area contributed by atoms with E-state index in [0.29, 0.717) is 17.3 Å². The van der Waals surface area contributed by atoms with Gasteiger partial charge in [-0.15, -0.1) is 11.8 Å². The second kappa shape index (κ2) is 8.79. The van der Waals surface area contributed by atoms with E-state index < -0.39 is 0 Å². The van der Waals surface area contributed by atoms with E-state index in [0.717, 1.165) is 27.2 Å². The van der Waals surface area contributed by atoms with Gasteiger partial charge in [0.1, 0.15) is 5.82 Å². The maximum Gasteiger partial charge on any atom is 0.300 e. The predicted molar refractivity (Wildman–Crippen MR) is 135 cm³/mol. The molecule has 0 aliphatic heterocycles. The maximum absolute atomic E-state index is 13.1. The molecule has 0 spiro atoms. The van der Waals surface area contributed by atoms with Gasteiger partial charge in [-0.25, -0.2) is 4.98 Å². The van der Waals surface area contributed by atoms with Gasteiger partial charge in [-0.05, 0) is 42.7 Å². The summed E-state index contributed by atoms with van der Waals surface area (Å²) in [6.07, 6.45) is 0. The Bertz CT molecular complexity index is 1490. The van der Waals surface area contributed by atoms with Crippen molar-refractivity contribution in [3.8, 4) is 11.3 Å². The molecule has 3 aromatic carbocycles. The van der Waals surface area contributed by atoms with Crippen molar-refractivity contribution < 1.29 is 0 Å². The number of hydrogen-bond acceptors (Lipinski definition) is 5. The number of benzene rings is 3. The van der Waals surface area contributed by atoms with Crippen LogP contribution in [-0.4, -0.2) is 19.6 Å². The van der Waals surface area contributed by atoms with Crippen LogP contribution in [0.2, 0.25) is 0 Å². The Morgan fingerprint density at radius 3 is 2.24 bits per heavy atom. The fraction of sp³-hybridized carbons (Fsp3) is 0.185. The van der Waals surface area contributed by atoms with Crippen molar-refractivity contribution in [1.82, 2.24) is 19.6 Å². The second-order valence-electron chi connectivity index (χ2n) is 8.34. The third kappa shape index (κ3) is 4.14. The highest BCUT2D eigenvalue weighted by molar-refractivity contribution is 7.99. The third-order valence-corrected chi connectivity index (χ3v) is 6.79. The van der Waals surface area contributed by atoms with Crippen molar-refractivity contribution in [3.63, 3.8) is 0 Å². The van der Waals surface area contributed by atoms with Gasteiger partial charge in [0.05, 0.1) is 10.8 Å². The minimum absolute atomic E-state index is 0.00697. The average Bonchev–Trinajstić information content (AvgIpc) is 2.84. The highest BCUT2D eigenvalue weighted by Gasteiger charge is 2.19. The van der Waals surface area contributed by atoms with Gasteiger partial charge >= 0.3 is 0 Å². The summed E-state index contributed by atoms with van der Waals surface area (Å²) in [4.78, 5) is 23.6. The van der Waals surface area contributed by atoms with E-state index in [1.54, 1.807) is 16.3 Å². The van der Waals surface area contributed by atoms with E-state index in [1.165, 1.54) is 5.56 Å². The first-order valence-electron chi connectivity index (χ1n) is 11.0. The lowest BCUT2D eigenvalue weighted by atomic mass is 10.0. The topological polar surface area (TPSA) is 60.1 Å². The molecule has 0 saturated heterocycles. The highest BCUT2D eigenvalue weighted by Crippen LogP contribution is 2.34. The smallest absolute Gasteiger partial charge is 0.265 e. The fourth-order valence-corrected chi connectivity index (χ4v) is 4.86. The molecule has 0 saturated carbocycles. The highest BCUT2D eigenvalue weighted by atomic mass is 32.2. The molecule has 5 aromatic rings. The zero-order valence-electron chi connectivity index (χ0n) is 18.8. The lowest BCUT2D eigenvalue weighted by Crippen LogP contribution is -2.19. The molecule has 33 heavy (non-hydrogen) atoms.